The van der Waals surface area contributed by atoms with E-state index in [9.17, 15) is 18.0 Å². The Morgan fingerprint density at radius 2 is 1.95 bits per heavy atom. The van der Waals surface area contributed by atoms with Crippen LogP contribution in [-0.2, 0) is 0 Å². The number of rotatable bonds is 3. The number of aromatic nitrogens is 2. The van der Waals surface area contributed by atoms with Crippen LogP contribution in [0.15, 0.2) is 30.3 Å². The fourth-order valence-corrected chi connectivity index (χ4v) is 1.57. The number of carbonyl (C=O) groups excluding carboxylic acids is 1. The summed E-state index contributed by atoms with van der Waals surface area (Å²) in [4.78, 5) is 19.2. The van der Waals surface area contributed by atoms with Crippen LogP contribution in [0.5, 0.6) is 0 Å². The molecular weight excluding hydrogens is 271 g/mol. The van der Waals surface area contributed by atoms with Crippen LogP contribution in [0, 0.1) is 12.7 Å². The predicted octanol–water partition coefficient (Wildman–Crippen LogP) is 3.11. The Kier molecular flexibility index (Phi) is 3.97. The van der Waals surface area contributed by atoms with Gasteiger partial charge in [-0.15, -0.1) is 0 Å². The van der Waals surface area contributed by atoms with Gasteiger partial charge in [0.15, 0.2) is 0 Å². The summed E-state index contributed by atoms with van der Waals surface area (Å²) < 4.78 is 38.6. The number of amides is 1. The summed E-state index contributed by atoms with van der Waals surface area (Å²) >= 11 is 0. The lowest BCUT2D eigenvalue weighted by Gasteiger charge is -2.07. The van der Waals surface area contributed by atoms with Gasteiger partial charge in [0.25, 0.3) is 12.3 Å². The number of alkyl halides is 2. The molecule has 1 heterocycles. The van der Waals surface area contributed by atoms with Crippen molar-refractivity contribution in [2.24, 2.45) is 0 Å². The maximum Gasteiger partial charge on any atom is 0.280 e. The summed E-state index contributed by atoms with van der Waals surface area (Å²) in [6.45, 7) is 1.39. The van der Waals surface area contributed by atoms with Gasteiger partial charge in [-0.2, -0.15) is 0 Å². The number of nitrogens with zero attached hydrogens (tertiary/aromatic N) is 2. The predicted molar refractivity (Wildman–Crippen MR) is 66.1 cm³/mol. The van der Waals surface area contributed by atoms with Crippen LogP contribution in [0.3, 0.4) is 0 Å². The molecule has 104 valence electrons. The molecular formula is C13H10F3N3O. The van der Waals surface area contributed by atoms with Crippen molar-refractivity contribution in [3.05, 3.63) is 53.4 Å². The summed E-state index contributed by atoms with van der Waals surface area (Å²) in [5.41, 5.74) is -0.834. The van der Waals surface area contributed by atoms with Crippen LogP contribution in [0.2, 0.25) is 0 Å². The van der Waals surface area contributed by atoms with Gasteiger partial charge in [0.1, 0.15) is 23.0 Å². The molecule has 0 bridgehead atoms. The van der Waals surface area contributed by atoms with Gasteiger partial charge < -0.3 is 5.32 Å². The average Bonchev–Trinajstić information content (AvgIpc) is 2.40. The number of para-hydroxylation sites is 1. The molecule has 7 heteroatoms. The van der Waals surface area contributed by atoms with Crippen molar-refractivity contribution in [2.75, 3.05) is 5.32 Å². The molecule has 0 spiro atoms. The number of aryl methyl sites for hydroxylation is 1. The Hall–Kier alpha value is -2.44. The second kappa shape index (κ2) is 5.68. The quantitative estimate of drug-likeness (QED) is 0.940. The van der Waals surface area contributed by atoms with E-state index < -0.39 is 23.8 Å². The van der Waals surface area contributed by atoms with Gasteiger partial charge in [-0.1, -0.05) is 12.1 Å². The number of hydrogen-bond acceptors (Lipinski definition) is 3. The first-order chi connectivity index (χ1) is 9.47. The van der Waals surface area contributed by atoms with Gasteiger partial charge in [-0.25, -0.2) is 23.1 Å². The highest BCUT2D eigenvalue weighted by Crippen LogP contribution is 2.18. The number of anilines is 1. The highest BCUT2D eigenvalue weighted by atomic mass is 19.3. The van der Waals surface area contributed by atoms with E-state index in [1.807, 2.05) is 0 Å². The van der Waals surface area contributed by atoms with Crippen LogP contribution in [0.4, 0.5) is 18.9 Å². The molecule has 0 saturated heterocycles. The molecule has 0 unspecified atom stereocenters. The van der Waals surface area contributed by atoms with Crippen molar-refractivity contribution >= 4 is 11.6 Å². The fraction of sp³-hybridized carbons (Fsp3) is 0.154. The lowest BCUT2D eigenvalue weighted by molar-refractivity contribution is 0.102. The van der Waals surface area contributed by atoms with E-state index in [1.165, 1.54) is 31.2 Å². The molecule has 2 rings (SSSR count). The van der Waals surface area contributed by atoms with Crippen LogP contribution >= 0.6 is 0 Å². The van der Waals surface area contributed by atoms with Crippen LogP contribution < -0.4 is 5.32 Å². The summed E-state index contributed by atoms with van der Waals surface area (Å²) in [5.74, 6) is -1.36. The molecule has 4 nitrogen and oxygen atoms in total. The van der Waals surface area contributed by atoms with Crippen LogP contribution in [0.1, 0.15) is 28.4 Å². The van der Waals surface area contributed by atoms with Crippen molar-refractivity contribution in [1.82, 2.24) is 9.97 Å². The maximum atomic E-state index is 13.4. The third-order valence-electron chi connectivity index (χ3n) is 2.44. The Morgan fingerprint density at radius 1 is 1.25 bits per heavy atom. The average molecular weight is 281 g/mol. The largest absolute Gasteiger partial charge is 0.318 e. The number of halogens is 3. The van der Waals surface area contributed by atoms with Crippen LogP contribution in [0.25, 0.3) is 0 Å². The molecule has 1 N–H and O–H groups in total. The molecule has 1 amide bonds. The van der Waals surface area contributed by atoms with E-state index in [2.05, 4.69) is 15.3 Å². The summed E-state index contributed by atoms with van der Waals surface area (Å²) in [6.07, 6.45) is -2.81. The molecule has 1 aromatic heterocycles. The normalized spacial score (nSPS) is 10.7. The van der Waals surface area contributed by atoms with E-state index in [1.54, 1.807) is 0 Å². The Labute approximate surface area is 112 Å². The number of carbonyl (C=O) groups is 1. The molecule has 0 fully saturated rings. The van der Waals surface area contributed by atoms with Crippen molar-refractivity contribution in [2.45, 2.75) is 13.3 Å². The zero-order chi connectivity index (χ0) is 14.7. The van der Waals surface area contributed by atoms with Crippen molar-refractivity contribution < 1.29 is 18.0 Å². The van der Waals surface area contributed by atoms with Crippen molar-refractivity contribution in [1.29, 1.82) is 0 Å². The highest BCUT2D eigenvalue weighted by molar-refractivity contribution is 6.02. The Morgan fingerprint density at radius 3 is 2.60 bits per heavy atom. The lowest BCUT2D eigenvalue weighted by Crippen LogP contribution is -2.16. The van der Waals surface area contributed by atoms with E-state index >= 15 is 0 Å². The second-order valence-electron chi connectivity index (χ2n) is 3.96. The monoisotopic (exact) mass is 281 g/mol. The first-order valence-corrected chi connectivity index (χ1v) is 5.67. The van der Waals surface area contributed by atoms with Gasteiger partial charge in [-0.05, 0) is 25.1 Å². The third kappa shape index (κ3) is 3.11. The zero-order valence-corrected chi connectivity index (χ0v) is 10.4. The molecule has 0 aliphatic carbocycles. The molecule has 0 radical (unpaired) electrons. The minimum absolute atomic E-state index is 0.0430. The maximum absolute atomic E-state index is 13.4. The molecule has 20 heavy (non-hydrogen) atoms. The van der Waals surface area contributed by atoms with Gasteiger partial charge in [0.2, 0.25) is 0 Å². The molecule has 0 atom stereocenters. The minimum Gasteiger partial charge on any atom is -0.318 e. The number of hydrogen-bond donors (Lipinski definition) is 1. The molecule has 0 saturated carbocycles. The van der Waals surface area contributed by atoms with Gasteiger partial charge in [0.05, 0.1) is 5.69 Å². The first kappa shape index (κ1) is 14.0. The minimum atomic E-state index is -2.81. The van der Waals surface area contributed by atoms with Gasteiger partial charge >= 0.3 is 0 Å². The fourth-order valence-electron chi connectivity index (χ4n) is 1.57. The summed E-state index contributed by atoms with van der Waals surface area (Å²) in [6, 6.07) is 6.41. The van der Waals surface area contributed by atoms with Crippen molar-refractivity contribution in [3.8, 4) is 0 Å². The smallest absolute Gasteiger partial charge is 0.280 e. The van der Waals surface area contributed by atoms with E-state index in [-0.39, 0.29) is 17.2 Å². The Bertz CT molecular complexity index is 647. The second-order valence-corrected chi connectivity index (χ2v) is 3.96. The summed E-state index contributed by atoms with van der Waals surface area (Å²) in [7, 11) is 0. The SMILES string of the molecule is Cc1nc(C(=O)Nc2ccccc2F)cc(C(F)F)n1. The van der Waals surface area contributed by atoms with Gasteiger partial charge in [-0.3, -0.25) is 4.79 Å². The highest BCUT2D eigenvalue weighted by Gasteiger charge is 2.16. The molecule has 2 aromatic rings. The number of nitrogens with one attached hydrogen (secondary N) is 1. The van der Waals surface area contributed by atoms with Gasteiger partial charge in [0, 0.05) is 0 Å². The Balaban J connectivity index is 2.28. The van der Waals surface area contributed by atoms with E-state index in [4.69, 9.17) is 0 Å². The number of benzene rings is 1. The summed E-state index contributed by atoms with van der Waals surface area (Å²) in [5, 5.41) is 2.27. The molecule has 0 aliphatic rings. The standard InChI is InChI=1S/C13H10F3N3O/c1-7-17-10(12(15)16)6-11(18-7)13(20)19-9-5-3-2-4-8(9)14/h2-6,12H,1H3,(H,19,20). The van der Waals surface area contributed by atoms with Crippen LogP contribution in [-0.4, -0.2) is 15.9 Å². The zero-order valence-electron chi connectivity index (χ0n) is 10.4. The topological polar surface area (TPSA) is 54.9 Å². The van der Waals surface area contributed by atoms with E-state index in [0.717, 1.165) is 6.07 Å². The lowest BCUT2D eigenvalue weighted by atomic mass is 10.2. The van der Waals surface area contributed by atoms with E-state index in [0.29, 0.717) is 0 Å². The molecule has 0 aliphatic heterocycles. The third-order valence-corrected chi connectivity index (χ3v) is 2.44. The molecule has 1 aromatic carbocycles. The van der Waals surface area contributed by atoms with Crippen molar-refractivity contribution in [3.63, 3.8) is 0 Å². The first-order valence-electron chi connectivity index (χ1n) is 5.67.